The van der Waals surface area contributed by atoms with Crippen LogP contribution in [0.2, 0.25) is 0 Å². The molecule has 18 heavy (non-hydrogen) atoms. The van der Waals surface area contributed by atoms with Crippen LogP contribution in [0.25, 0.3) is 0 Å². The lowest BCUT2D eigenvalue weighted by atomic mass is 10.3. The summed E-state index contributed by atoms with van der Waals surface area (Å²) in [5.41, 5.74) is 0. The van der Waals surface area contributed by atoms with Crippen LogP contribution in [0, 0.1) is 0 Å². The van der Waals surface area contributed by atoms with E-state index in [0.717, 1.165) is 18.6 Å². The first-order chi connectivity index (χ1) is 8.79. The summed E-state index contributed by atoms with van der Waals surface area (Å²) < 4.78 is 10.6. The van der Waals surface area contributed by atoms with E-state index in [1.165, 1.54) is 0 Å². The van der Waals surface area contributed by atoms with Crippen molar-refractivity contribution in [2.24, 2.45) is 0 Å². The highest BCUT2D eigenvalue weighted by atomic mass is 16.5. The van der Waals surface area contributed by atoms with E-state index < -0.39 is 0 Å². The molecule has 98 valence electrons. The summed E-state index contributed by atoms with van der Waals surface area (Å²) >= 11 is 0. The molecule has 0 heterocycles. The quantitative estimate of drug-likeness (QED) is 0.748. The third-order valence-electron chi connectivity index (χ3n) is 2.75. The van der Waals surface area contributed by atoms with Crippen molar-refractivity contribution in [2.45, 2.75) is 31.8 Å². The Balaban J connectivity index is 1.85. The van der Waals surface area contributed by atoms with Gasteiger partial charge in [-0.05, 0) is 31.9 Å². The maximum absolute atomic E-state index is 11.8. The van der Waals surface area contributed by atoms with Gasteiger partial charge in [0.05, 0.1) is 6.61 Å². The van der Waals surface area contributed by atoms with Crippen LogP contribution in [0.1, 0.15) is 19.8 Å². The molecule has 0 saturated heterocycles. The van der Waals surface area contributed by atoms with Gasteiger partial charge in [-0.15, -0.1) is 0 Å². The lowest BCUT2D eigenvalue weighted by Gasteiger charge is -2.17. The summed E-state index contributed by atoms with van der Waals surface area (Å²) in [6.07, 6.45) is 2.25. The molecule has 1 aliphatic rings. The number of rotatable bonds is 7. The number of ether oxygens (including phenoxy) is 2. The zero-order valence-electron chi connectivity index (χ0n) is 10.6. The third kappa shape index (κ3) is 4.04. The van der Waals surface area contributed by atoms with Gasteiger partial charge in [0, 0.05) is 6.04 Å². The lowest BCUT2D eigenvalue weighted by molar-refractivity contribution is -0.146. The number of nitrogens with one attached hydrogen (secondary N) is 1. The van der Waals surface area contributed by atoms with Crippen molar-refractivity contribution >= 4 is 5.97 Å². The highest BCUT2D eigenvalue weighted by molar-refractivity contribution is 5.76. The first-order valence-corrected chi connectivity index (χ1v) is 6.40. The number of carbonyl (C=O) groups excluding carboxylic acids is 1. The summed E-state index contributed by atoms with van der Waals surface area (Å²) in [7, 11) is 0. The van der Waals surface area contributed by atoms with E-state index in [9.17, 15) is 4.79 Å². The maximum atomic E-state index is 11.8. The molecular formula is C14H19NO3. The van der Waals surface area contributed by atoms with E-state index >= 15 is 0 Å². The van der Waals surface area contributed by atoms with Crippen LogP contribution in [0.3, 0.4) is 0 Å². The molecule has 1 fully saturated rings. The number of para-hydroxylation sites is 1. The lowest BCUT2D eigenvalue weighted by Crippen LogP contribution is -2.43. The molecule has 1 atom stereocenters. The van der Waals surface area contributed by atoms with Crippen molar-refractivity contribution in [3.05, 3.63) is 30.3 Å². The van der Waals surface area contributed by atoms with Crippen molar-refractivity contribution in [2.75, 3.05) is 13.2 Å². The summed E-state index contributed by atoms with van der Waals surface area (Å²) in [4.78, 5) is 11.8. The van der Waals surface area contributed by atoms with Gasteiger partial charge in [0.1, 0.15) is 18.4 Å². The summed E-state index contributed by atoms with van der Waals surface area (Å²) in [5, 5.41) is 3.25. The molecule has 0 aromatic heterocycles. The normalized spacial score (nSPS) is 16.1. The van der Waals surface area contributed by atoms with Crippen LogP contribution in [-0.2, 0) is 9.53 Å². The second-order valence-electron chi connectivity index (χ2n) is 4.37. The first kappa shape index (κ1) is 12.9. The fourth-order valence-electron chi connectivity index (χ4n) is 1.66. The average Bonchev–Trinajstić information content (AvgIpc) is 3.20. The molecule has 1 aromatic rings. The predicted molar refractivity (Wildman–Crippen MR) is 68.5 cm³/mol. The number of esters is 1. The van der Waals surface area contributed by atoms with Crippen LogP contribution in [0.15, 0.2) is 30.3 Å². The number of benzene rings is 1. The smallest absolute Gasteiger partial charge is 0.326 e. The van der Waals surface area contributed by atoms with Crippen LogP contribution in [0.4, 0.5) is 0 Å². The molecule has 1 aliphatic carbocycles. The topological polar surface area (TPSA) is 47.6 Å². The minimum Gasteiger partial charge on any atom is -0.491 e. The number of carbonyl (C=O) groups is 1. The van der Waals surface area contributed by atoms with Crippen molar-refractivity contribution < 1.29 is 14.3 Å². The van der Waals surface area contributed by atoms with E-state index in [1.54, 1.807) is 0 Å². The molecule has 1 aromatic carbocycles. The Morgan fingerprint density at radius 2 is 2.11 bits per heavy atom. The zero-order chi connectivity index (χ0) is 12.8. The molecule has 1 saturated carbocycles. The average molecular weight is 249 g/mol. The molecule has 1 unspecified atom stereocenters. The van der Waals surface area contributed by atoms with Crippen LogP contribution < -0.4 is 10.1 Å². The summed E-state index contributed by atoms with van der Waals surface area (Å²) in [6.45, 7) is 2.51. The number of hydrogen-bond acceptors (Lipinski definition) is 4. The maximum Gasteiger partial charge on any atom is 0.326 e. The highest BCUT2D eigenvalue weighted by Crippen LogP contribution is 2.20. The molecular weight excluding hydrogens is 230 g/mol. The van der Waals surface area contributed by atoms with Gasteiger partial charge in [-0.2, -0.15) is 0 Å². The van der Waals surface area contributed by atoms with E-state index in [2.05, 4.69) is 5.32 Å². The van der Waals surface area contributed by atoms with Gasteiger partial charge in [0.25, 0.3) is 0 Å². The van der Waals surface area contributed by atoms with Gasteiger partial charge in [0.15, 0.2) is 0 Å². The van der Waals surface area contributed by atoms with Gasteiger partial charge in [-0.3, -0.25) is 10.1 Å². The van der Waals surface area contributed by atoms with Crippen molar-refractivity contribution in [1.29, 1.82) is 0 Å². The Labute approximate surface area is 107 Å². The third-order valence-corrected chi connectivity index (χ3v) is 2.75. The highest BCUT2D eigenvalue weighted by Gasteiger charge is 2.29. The van der Waals surface area contributed by atoms with E-state index in [0.29, 0.717) is 19.3 Å². The summed E-state index contributed by atoms with van der Waals surface area (Å²) in [5.74, 6) is 0.532. The van der Waals surface area contributed by atoms with Gasteiger partial charge in [0.2, 0.25) is 0 Å². The van der Waals surface area contributed by atoms with Gasteiger partial charge >= 0.3 is 5.97 Å². The summed E-state index contributed by atoms with van der Waals surface area (Å²) in [6, 6.07) is 9.56. The van der Waals surface area contributed by atoms with Crippen molar-refractivity contribution in [1.82, 2.24) is 5.32 Å². The Hall–Kier alpha value is -1.55. The first-order valence-electron chi connectivity index (χ1n) is 6.40. The largest absolute Gasteiger partial charge is 0.491 e. The minimum atomic E-state index is -0.377. The molecule has 1 N–H and O–H groups in total. The second-order valence-corrected chi connectivity index (χ2v) is 4.37. The molecule has 0 radical (unpaired) electrons. The fraction of sp³-hybridized carbons (Fsp3) is 0.500. The van der Waals surface area contributed by atoms with E-state index in [-0.39, 0.29) is 12.0 Å². The number of hydrogen-bond donors (Lipinski definition) is 1. The molecule has 2 rings (SSSR count). The second kappa shape index (κ2) is 6.40. The Bertz CT molecular complexity index is 376. The van der Waals surface area contributed by atoms with Gasteiger partial charge in [-0.25, -0.2) is 0 Å². The molecule has 0 aliphatic heterocycles. The minimum absolute atomic E-state index is 0.236. The Morgan fingerprint density at radius 3 is 2.72 bits per heavy atom. The van der Waals surface area contributed by atoms with Gasteiger partial charge in [-0.1, -0.05) is 18.2 Å². The monoisotopic (exact) mass is 249 g/mol. The van der Waals surface area contributed by atoms with Crippen molar-refractivity contribution in [3.8, 4) is 5.75 Å². The van der Waals surface area contributed by atoms with E-state index in [1.807, 2.05) is 37.3 Å². The van der Waals surface area contributed by atoms with Crippen molar-refractivity contribution in [3.63, 3.8) is 0 Å². The molecule has 0 amide bonds. The Kier molecular flexibility index (Phi) is 4.59. The van der Waals surface area contributed by atoms with Crippen LogP contribution in [-0.4, -0.2) is 31.3 Å². The van der Waals surface area contributed by atoms with E-state index in [4.69, 9.17) is 9.47 Å². The molecule has 4 nitrogen and oxygen atoms in total. The van der Waals surface area contributed by atoms with Gasteiger partial charge < -0.3 is 9.47 Å². The van der Waals surface area contributed by atoms with Crippen LogP contribution >= 0.6 is 0 Å². The fourth-order valence-corrected chi connectivity index (χ4v) is 1.66. The standard InChI is InChI=1S/C14H19NO3/c1-2-17-14(16)13(15-11-8-9-11)10-18-12-6-4-3-5-7-12/h3-7,11,13,15H,2,8-10H2,1H3. The zero-order valence-corrected chi connectivity index (χ0v) is 10.6. The van der Waals surface area contributed by atoms with Crippen LogP contribution in [0.5, 0.6) is 5.75 Å². The SMILES string of the molecule is CCOC(=O)C(COc1ccccc1)NC1CC1. The molecule has 0 spiro atoms. The molecule has 0 bridgehead atoms. The molecule has 4 heteroatoms. The predicted octanol–water partition coefficient (Wildman–Crippen LogP) is 1.75. The Morgan fingerprint density at radius 1 is 1.39 bits per heavy atom.